The molecule has 0 fully saturated rings. The first-order chi connectivity index (χ1) is 8.99. The van der Waals surface area contributed by atoms with Gasteiger partial charge in [-0.25, -0.2) is 9.78 Å². The van der Waals surface area contributed by atoms with Crippen LogP contribution in [0.25, 0.3) is 0 Å². The topological polar surface area (TPSA) is 79.3 Å². The molecule has 0 spiro atoms. The number of nitrogens with one attached hydrogen (secondary N) is 1. The van der Waals surface area contributed by atoms with E-state index in [0.29, 0.717) is 11.3 Å². The number of nitrogens with zero attached hydrogens (tertiary/aromatic N) is 1. The maximum Gasteiger partial charge on any atom is 0.326 e. The van der Waals surface area contributed by atoms with Crippen LogP contribution in [0.1, 0.15) is 48.3 Å². The van der Waals surface area contributed by atoms with Crippen LogP contribution in [0.2, 0.25) is 0 Å². The Morgan fingerprint density at radius 3 is 2.68 bits per heavy atom. The third kappa shape index (κ3) is 4.31. The molecule has 6 heteroatoms. The summed E-state index contributed by atoms with van der Waals surface area (Å²) in [5.41, 5.74) is 0. The quantitative estimate of drug-likeness (QED) is 0.805. The van der Waals surface area contributed by atoms with E-state index in [9.17, 15) is 9.59 Å². The van der Waals surface area contributed by atoms with Gasteiger partial charge in [0.05, 0.1) is 11.2 Å². The molecule has 0 radical (unpaired) electrons. The summed E-state index contributed by atoms with van der Waals surface area (Å²) in [5.74, 6) is -1.46. The molecular weight excluding hydrogens is 264 g/mol. The maximum atomic E-state index is 12.0. The third-order valence-electron chi connectivity index (χ3n) is 3.01. The second kappa shape index (κ2) is 7.23. The van der Waals surface area contributed by atoms with Crippen molar-refractivity contribution >= 4 is 23.2 Å². The Labute approximate surface area is 117 Å². The molecule has 106 valence electrons. The average molecular weight is 284 g/mol. The lowest BCUT2D eigenvalue weighted by atomic mass is 9.99. The van der Waals surface area contributed by atoms with Gasteiger partial charge < -0.3 is 10.4 Å². The molecule has 1 aromatic heterocycles. The maximum absolute atomic E-state index is 12.0. The summed E-state index contributed by atoms with van der Waals surface area (Å²) in [6.07, 6.45) is 4.02. The molecule has 0 aliphatic heterocycles. The number of rotatable bonds is 7. The van der Waals surface area contributed by atoms with Gasteiger partial charge in [0.1, 0.15) is 10.9 Å². The predicted molar refractivity (Wildman–Crippen MR) is 74.5 cm³/mol. The molecule has 2 atom stereocenters. The van der Waals surface area contributed by atoms with Gasteiger partial charge in [0.25, 0.3) is 5.91 Å². The summed E-state index contributed by atoms with van der Waals surface area (Å²) in [6, 6.07) is -0.853. The molecule has 0 saturated carbocycles. The van der Waals surface area contributed by atoms with Gasteiger partial charge in [-0.1, -0.05) is 27.2 Å². The Morgan fingerprint density at radius 2 is 2.16 bits per heavy atom. The highest BCUT2D eigenvalue weighted by molar-refractivity contribution is 7.13. The molecule has 0 saturated heterocycles. The highest BCUT2D eigenvalue weighted by atomic mass is 32.1. The Balaban J connectivity index is 2.73. The summed E-state index contributed by atoms with van der Waals surface area (Å²) in [5, 5.41) is 12.6. The molecule has 5 nitrogen and oxygen atoms in total. The molecule has 0 aliphatic rings. The van der Waals surface area contributed by atoms with Crippen molar-refractivity contribution in [3.05, 3.63) is 16.1 Å². The van der Waals surface area contributed by atoms with Crippen molar-refractivity contribution in [1.82, 2.24) is 10.3 Å². The molecular formula is C13H20N2O3S. The second-order valence-corrected chi connectivity index (χ2v) is 5.66. The number of amides is 1. The van der Waals surface area contributed by atoms with E-state index in [1.54, 1.807) is 0 Å². The van der Waals surface area contributed by atoms with E-state index in [-0.39, 0.29) is 11.8 Å². The number of carboxylic acid groups (broad SMARTS) is 1. The van der Waals surface area contributed by atoms with Gasteiger partial charge >= 0.3 is 5.97 Å². The van der Waals surface area contributed by atoms with Crippen molar-refractivity contribution in [2.45, 2.75) is 46.1 Å². The van der Waals surface area contributed by atoms with E-state index in [4.69, 9.17) is 5.11 Å². The molecule has 1 amide bonds. The van der Waals surface area contributed by atoms with Gasteiger partial charge in [0.15, 0.2) is 0 Å². The molecule has 2 N–H and O–H groups in total. The van der Waals surface area contributed by atoms with Gasteiger partial charge in [0.2, 0.25) is 0 Å². The molecule has 0 aliphatic carbocycles. The number of aliphatic carboxylic acids is 1. The first-order valence-corrected chi connectivity index (χ1v) is 7.29. The lowest BCUT2D eigenvalue weighted by molar-refractivity contribution is -0.140. The van der Waals surface area contributed by atoms with E-state index in [1.807, 2.05) is 20.8 Å². The van der Waals surface area contributed by atoms with Crippen LogP contribution < -0.4 is 5.32 Å². The van der Waals surface area contributed by atoms with Crippen LogP contribution in [-0.2, 0) is 11.2 Å². The molecule has 1 aromatic rings. The van der Waals surface area contributed by atoms with E-state index in [0.717, 1.165) is 17.8 Å². The molecule has 0 bridgehead atoms. The smallest absolute Gasteiger partial charge is 0.326 e. The van der Waals surface area contributed by atoms with Gasteiger partial charge in [0, 0.05) is 0 Å². The minimum absolute atomic E-state index is 0.107. The van der Waals surface area contributed by atoms with E-state index < -0.39 is 12.0 Å². The third-order valence-corrected chi connectivity index (χ3v) is 4.06. The SMILES string of the molecule is CCCc1ncc(C(=O)NC(C(=O)O)C(C)CC)s1. The van der Waals surface area contributed by atoms with Crippen molar-refractivity contribution in [3.63, 3.8) is 0 Å². The van der Waals surface area contributed by atoms with Crippen LogP contribution >= 0.6 is 11.3 Å². The highest BCUT2D eigenvalue weighted by Crippen LogP contribution is 2.16. The Kier molecular flexibility index (Phi) is 5.95. The summed E-state index contributed by atoms with van der Waals surface area (Å²) < 4.78 is 0. The average Bonchev–Trinajstić information content (AvgIpc) is 2.83. The monoisotopic (exact) mass is 284 g/mol. The predicted octanol–water partition coefficient (Wildman–Crippen LogP) is 2.32. The number of hydrogen-bond acceptors (Lipinski definition) is 4. The lowest BCUT2D eigenvalue weighted by Crippen LogP contribution is -2.44. The first kappa shape index (κ1) is 15.6. The van der Waals surface area contributed by atoms with Gasteiger partial charge in [-0.15, -0.1) is 11.3 Å². The lowest BCUT2D eigenvalue weighted by Gasteiger charge is -2.19. The highest BCUT2D eigenvalue weighted by Gasteiger charge is 2.26. The van der Waals surface area contributed by atoms with Gasteiger partial charge in [-0.3, -0.25) is 4.79 Å². The van der Waals surface area contributed by atoms with Crippen LogP contribution in [0.4, 0.5) is 0 Å². The normalized spacial score (nSPS) is 13.8. The zero-order chi connectivity index (χ0) is 14.4. The van der Waals surface area contributed by atoms with Crippen LogP contribution in [-0.4, -0.2) is 28.0 Å². The minimum Gasteiger partial charge on any atom is -0.480 e. The molecule has 1 rings (SSSR count). The Bertz CT molecular complexity index is 445. The Morgan fingerprint density at radius 1 is 1.47 bits per heavy atom. The number of carboxylic acids is 1. The fourth-order valence-electron chi connectivity index (χ4n) is 1.64. The van der Waals surface area contributed by atoms with Gasteiger partial charge in [-0.2, -0.15) is 0 Å². The standard InChI is InChI=1S/C13H20N2O3S/c1-4-6-10-14-7-9(19-10)12(16)15-11(13(17)18)8(3)5-2/h7-8,11H,4-6H2,1-3H3,(H,15,16)(H,17,18). The largest absolute Gasteiger partial charge is 0.480 e. The zero-order valence-electron chi connectivity index (χ0n) is 11.5. The zero-order valence-corrected chi connectivity index (χ0v) is 12.3. The van der Waals surface area contributed by atoms with Crippen LogP contribution in [0.15, 0.2) is 6.20 Å². The molecule has 19 heavy (non-hydrogen) atoms. The number of carbonyl (C=O) groups excluding carboxylic acids is 1. The first-order valence-electron chi connectivity index (χ1n) is 6.47. The van der Waals surface area contributed by atoms with E-state index in [2.05, 4.69) is 10.3 Å². The van der Waals surface area contributed by atoms with Crippen molar-refractivity contribution in [2.24, 2.45) is 5.92 Å². The second-order valence-electron chi connectivity index (χ2n) is 4.54. The fourth-order valence-corrected chi connectivity index (χ4v) is 2.56. The number of thiazole rings is 1. The molecule has 1 heterocycles. The summed E-state index contributed by atoms with van der Waals surface area (Å²) in [4.78, 5) is 27.8. The van der Waals surface area contributed by atoms with Crippen molar-refractivity contribution in [3.8, 4) is 0 Å². The summed E-state index contributed by atoms with van der Waals surface area (Å²) in [6.45, 7) is 5.76. The molecule has 0 aromatic carbocycles. The van der Waals surface area contributed by atoms with E-state index in [1.165, 1.54) is 17.5 Å². The van der Waals surface area contributed by atoms with Crippen LogP contribution in [0.3, 0.4) is 0 Å². The number of carbonyl (C=O) groups is 2. The van der Waals surface area contributed by atoms with Crippen molar-refractivity contribution < 1.29 is 14.7 Å². The fraction of sp³-hybridized carbons (Fsp3) is 0.615. The van der Waals surface area contributed by atoms with Crippen molar-refractivity contribution in [2.75, 3.05) is 0 Å². The molecule has 2 unspecified atom stereocenters. The summed E-state index contributed by atoms with van der Waals surface area (Å²) in [7, 11) is 0. The number of aryl methyl sites for hydroxylation is 1. The number of hydrogen-bond donors (Lipinski definition) is 2. The minimum atomic E-state index is -0.999. The van der Waals surface area contributed by atoms with Crippen LogP contribution in [0, 0.1) is 5.92 Å². The van der Waals surface area contributed by atoms with Crippen LogP contribution in [0.5, 0.6) is 0 Å². The number of aromatic nitrogens is 1. The van der Waals surface area contributed by atoms with Gasteiger partial charge in [-0.05, 0) is 18.8 Å². The van der Waals surface area contributed by atoms with Crippen molar-refractivity contribution in [1.29, 1.82) is 0 Å². The van der Waals surface area contributed by atoms with E-state index >= 15 is 0 Å². The Hall–Kier alpha value is -1.43. The summed E-state index contributed by atoms with van der Waals surface area (Å²) >= 11 is 1.32.